The highest BCUT2D eigenvalue weighted by atomic mass is 16.4. The molecule has 0 aromatic heterocycles. The fraction of sp³-hybridized carbons (Fsp3) is 0.818. The maximum Gasteiger partial charge on any atom is 0.306 e. The molecule has 3 heteroatoms. The number of Topliss-reactive ketones (excluding diaryl/α,β-unsaturated/α-hetero) is 1. The highest BCUT2D eigenvalue weighted by molar-refractivity contribution is 5.84. The Balaban J connectivity index is 2.74. The zero-order valence-corrected chi connectivity index (χ0v) is 9.04. The summed E-state index contributed by atoms with van der Waals surface area (Å²) in [7, 11) is 0. The van der Waals surface area contributed by atoms with Gasteiger partial charge in [-0.05, 0) is 18.3 Å². The Morgan fingerprint density at radius 1 is 1.43 bits per heavy atom. The van der Waals surface area contributed by atoms with Gasteiger partial charge in [-0.15, -0.1) is 0 Å². The molecule has 1 saturated carbocycles. The number of carboxylic acid groups (broad SMARTS) is 1. The molecule has 3 nitrogen and oxygen atoms in total. The van der Waals surface area contributed by atoms with Gasteiger partial charge in [0.1, 0.15) is 5.78 Å². The molecule has 0 radical (unpaired) electrons. The van der Waals surface area contributed by atoms with Gasteiger partial charge in [0.05, 0.1) is 5.92 Å². The van der Waals surface area contributed by atoms with Crippen LogP contribution in [0.3, 0.4) is 0 Å². The van der Waals surface area contributed by atoms with Gasteiger partial charge in [0.2, 0.25) is 0 Å². The third kappa shape index (κ3) is 2.34. The van der Waals surface area contributed by atoms with Gasteiger partial charge in [0.25, 0.3) is 0 Å². The Bertz CT molecular complexity index is 250. The topological polar surface area (TPSA) is 54.4 Å². The van der Waals surface area contributed by atoms with E-state index < -0.39 is 5.97 Å². The van der Waals surface area contributed by atoms with Crippen LogP contribution in [-0.4, -0.2) is 16.9 Å². The van der Waals surface area contributed by atoms with Gasteiger partial charge in [-0.25, -0.2) is 0 Å². The number of carbonyl (C=O) groups excluding carboxylic acids is 1. The van der Waals surface area contributed by atoms with Crippen molar-refractivity contribution in [1.29, 1.82) is 0 Å². The maximum atomic E-state index is 11.6. The first-order valence-corrected chi connectivity index (χ1v) is 5.08. The normalized spacial score (nSPS) is 28.9. The van der Waals surface area contributed by atoms with Crippen molar-refractivity contribution in [2.45, 2.75) is 40.0 Å². The molecule has 0 bridgehead atoms. The molecule has 1 rings (SSSR count). The maximum absolute atomic E-state index is 11.6. The van der Waals surface area contributed by atoms with E-state index in [2.05, 4.69) is 0 Å². The molecule has 0 unspecified atom stereocenters. The van der Waals surface area contributed by atoms with E-state index in [0.717, 1.165) is 0 Å². The van der Waals surface area contributed by atoms with Crippen LogP contribution in [0.5, 0.6) is 0 Å². The first-order chi connectivity index (χ1) is 6.32. The zero-order valence-electron chi connectivity index (χ0n) is 9.04. The summed E-state index contributed by atoms with van der Waals surface area (Å²) >= 11 is 0. The number of aliphatic carboxylic acids is 1. The van der Waals surface area contributed by atoms with Crippen LogP contribution in [0.4, 0.5) is 0 Å². The van der Waals surface area contributed by atoms with Crippen molar-refractivity contribution in [2.24, 2.45) is 17.3 Å². The molecule has 80 valence electrons. The molecule has 1 N–H and O–H groups in total. The van der Waals surface area contributed by atoms with Crippen LogP contribution in [0, 0.1) is 17.3 Å². The average Bonchev–Trinajstić information content (AvgIpc) is 2.02. The molecule has 0 heterocycles. The summed E-state index contributed by atoms with van der Waals surface area (Å²) in [6.45, 7) is 6.00. The van der Waals surface area contributed by atoms with E-state index in [-0.39, 0.29) is 23.0 Å². The van der Waals surface area contributed by atoms with Crippen LogP contribution in [0.1, 0.15) is 40.0 Å². The molecule has 0 amide bonds. The summed E-state index contributed by atoms with van der Waals surface area (Å²) in [5.41, 5.74) is -0.106. The number of carbonyl (C=O) groups is 2. The Hall–Kier alpha value is -0.860. The summed E-state index contributed by atoms with van der Waals surface area (Å²) in [4.78, 5) is 22.4. The van der Waals surface area contributed by atoms with E-state index in [4.69, 9.17) is 5.11 Å². The smallest absolute Gasteiger partial charge is 0.306 e. The second-order valence-electron chi connectivity index (χ2n) is 5.19. The van der Waals surface area contributed by atoms with E-state index in [9.17, 15) is 9.59 Å². The minimum atomic E-state index is -0.758. The highest BCUT2D eigenvalue weighted by Crippen LogP contribution is 2.38. The molecule has 0 spiro atoms. The van der Waals surface area contributed by atoms with E-state index in [1.165, 1.54) is 0 Å². The summed E-state index contributed by atoms with van der Waals surface area (Å²) in [6, 6.07) is 0. The van der Waals surface area contributed by atoms with E-state index in [0.29, 0.717) is 19.3 Å². The van der Waals surface area contributed by atoms with Crippen molar-refractivity contribution in [1.82, 2.24) is 0 Å². The van der Waals surface area contributed by atoms with Crippen molar-refractivity contribution < 1.29 is 14.7 Å². The summed E-state index contributed by atoms with van der Waals surface area (Å²) in [5.74, 6) is -0.934. The minimum Gasteiger partial charge on any atom is -0.481 e. The third-order valence-corrected chi connectivity index (χ3v) is 3.04. The third-order valence-electron chi connectivity index (χ3n) is 3.04. The molecular weight excluding hydrogens is 180 g/mol. The molecule has 0 aliphatic heterocycles. The van der Waals surface area contributed by atoms with Crippen LogP contribution in [-0.2, 0) is 9.59 Å². The fourth-order valence-corrected chi connectivity index (χ4v) is 2.09. The predicted molar refractivity (Wildman–Crippen MR) is 52.9 cm³/mol. The van der Waals surface area contributed by atoms with E-state index in [1.807, 2.05) is 20.8 Å². The van der Waals surface area contributed by atoms with Crippen LogP contribution in [0.25, 0.3) is 0 Å². The molecule has 0 aromatic rings. The largest absolute Gasteiger partial charge is 0.481 e. The first kappa shape index (κ1) is 11.2. The molecule has 1 aliphatic carbocycles. The Morgan fingerprint density at radius 3 is 2.43 bits per heavy atom. The lowest BCUT2D eigenvalue weighted by atomic mass is 9.68. The molecular formula is C11H18O3. The fourth-order valence-electron chi connectivity index (χ4n) is 2.09. The highest BCUT2D eigenvalue weighted by Gasteiger charge is 2.38. The van der Waals surface area contributed by atoms with Crippen molar-refractivity contribution in [3.8, 4) is 0 Å². The zero-order chi connectivity index (χ0) is 10.9. The van der Waals surface area contributed by atoms with Gasteiger partial charge in [0, 0.05) is 12.3 Å². The van der Waals surface area contributed by atoms with Crippen molar-refractivity contribution in [2.75, 3.05) is 0 Å². The van der Waals surface area contributed by atoms with Crippen LogP contribution >= 0.6 is 0 Å². The lowest BCUT2D eigenvalue weighted by molar-refractivity contribution is -0.145. The minimum absolute atomic E-state index is 0.0858. The number of hydrogen-bond acceptors (Lipinski definition) is 2. The predicted octanol–water partition coefficient (Wildman–Crippen LogP) is 2.10. The monoisotopic (exact) mass is 198 g/mol. The number of carboxylic acids is 1. The van der Waals surface area contributed by atoms with Crippen LogP contribution < -0.4 is 0 Å². The molecule has 2 atom stereocenters. The van der Waals surface area contributed by atoms with Crippen LogP contribution in [0.2, 0.25) is 0 Å². The van der Waals surface area contributed by atoms with Crippen molar-refractivity contribution >= 4 is 11.8 Å². The molecule has 1 fully saturated rings. The molecule has 0 aromatic carbocycles. The van der Waals surface area contributed by atoms with Crippen molar-refractivity contribution in [3.63, 3.8) is 0 Å². The lowest BCUT2D eigenvalue weighted by Gasteiger charge is -2.34. The molecule has 1 aliphatic rings. The van der Waals surface area contributed by atoms with Crippen LogP contribution in [0.15, 0.2) is 0 Å². The molecule has 0 saturated heterocycles. The Morgan fingerprint density at radius 2 is 2.00 bits per heavy atom. The Labute approximate surface area is 84.5 Å². The van der Waals surface area contributed by atoms with Gasteiger partial charge in [-0.3, -0.25) is 9.59 Å². The number of ketones is 1. The number of rotatable bonds is 1. The summed E-state index contributed by atoms with van der Waals surface area (Å²) in [6.07, 6.45) is 1.46. The summed E-state index contributed by atoms with van der Waals surface area (Å²) < 4.78 is 0. The lowest BCUT2D eigenvalue weighted by Crippen LogP contribution is -2.36. The van der Waals surface area contributed by atoms with Crippen molar-refractivity contribution in [3.05, 3.63) is 0 Å². The van der Waals surface area contributed by atoms with Gasteiger partial charge in [0.15, 0.2) is 0 Å². The van der Waals surface area contributed by atoms with Gasteiger partial charge < -0.3 is 5.11 Å². The average molecular weight is 198 g/mol. The van der Waals surface area contributed by atoms with Gasteiger partial charge in [-0.2, -0.15) is 0 Å². The standard InChI is InChI=1S/C11H18O3/c1-11(2,3)8-6-7(10(13)14)4-5-9(8)12/h7-8H,4-6H2,1-3H3,(H,13,14)/t7-,8+/m0/s1. The van der Waals surface area contributed by atoms with E-state index >= 15 is 0 Å². The summed E-state index contributed by atoms with van der Waals surface area (Å²) in [5, 5.41) is 8.90. The SMILES string of the molecule is CC(C)(C)[C@@H]1C[C@@H](C(=O)O)CCC1=O. The Kier molecular flexibility index (Phi) is 2.98. The van der Waals surface area contributed by atoms with E-state index in [1.54, 1.807) is 0 Å². The van der Waals surface area contributed by atoms with Gasteiger partial charge >= 0.3 is 5.97 Å². The van der Waals surface area contributed by atoms with Gasteiger partial charge in [-0.1, -0.05) is 20.8 Å². The second kappa shape index (κ2) is 3.71. The first-order valence-electron chi connectivity index (χ1n) is 5.08. The second-order valence-corrected chi connectivity index (χ2v) is 5.19. The molecule has 14 heavy (non-hydrogen) atoms. The number of hydrogen-bond donors (Lipinski definition) is 1. The quantitative estimate of drug-likeness (QED) is 0.702.